The Labute approximate surface area is 230 Å². The fourth-order valence-electron chi connectivity index (χ4n) is 5.36. The molecule has 1 atom stereocenters. The molecule has 0 saturated carbocycles. The van der Waals surface area contributed by atoms with E-state index in [0.717, 1.165) is 39.0 Å². The Bertz CT molecular complexity index is 1880. The molecule has 8 nitrogen and oxygen atoms in total. The second-order valence-electron chi connectivity index (χ2n) is 9.71. The van der Waals surface area contributed by atoms with Crippen molar-refractivity contribution in [1.29, 1.82) is 0 Å². The molecule has 7 rings (SSSR count). The Hall–Kier alpha value is -5.11. The van der Waals surface area contributed by atoms with Gasteiger partial charge in [-0.3, -0.25) is 0 Å². The molecule has 0 amide bonds. The molecule has 2 aromatic heterocycles. The van der Waals surface area contributed by atoms with E-state index in [-0.39, 0.29) is 12.5 Å². The van der Waals surface area contributed by atoms with Gasteiger partial charge < -0.3 is 18.9 Å². The molecule has 1 aliphatic heterocycles. The lowest BCUT2D eigenvalue weighted by molar-refractivity contribution is 0.296. The van der Waals surface area contributed by atoms with Gasteiger partial charge in [0.1, 0.15) is 24.4 Å². The average molecular weight is 531 g/mol. The van der Waals surface area contributed by atoms with Gasteiger partial charge in [-0.05, 0) is 53.6 Å². The molecule has 1 aliphatic rings. The van der Waals surface area contributed by atoms with E-state index in [2.05, 4.69) is 28.3 Å². The molecule has 0 bridgehead atoms. The Morgan fingerprint density at radius 3 is 2.52 bits per heavy atom. The first-order valence-corrected chi connectivity index (χ1v) is 13.0. The number of benzene rings is 4. The van der Waals surface area contributed by atoms with Gasteiger partial charge in [-0.1, -0.05) is 54.1 Å². The summed E-state index contributed by atoms with van der Waals surface area (Å²) in [5.41, 5.74) is 4.69. The quantitative estimate of drug-likeness (QED) is 0.244. The summed E-state index contributed by atoms with van der Waals surface area (Å²) in [7, 11) is 3.27. The minimum absolute atomic E-state index is 0.223. The summed E-state index contributed by atoms with van der Waals surface area (Å²) in [4.78, 5) is 9.58. The number of rotatable bonds is 6. The third kappa shape index (κ3) is 3.96. The van der Waals surface area contributed by atoms with Crippen LogP contribution in [0, 0.1) is 6.92 Å². The van der Waals surface area contributed by atoms with Gasteiger partial charge in [0, 0.05) is 11.5 Å². The largest absolute Gasteiger partial charge is 0.493 e. The fraction of sp³-hybridized carbons (Fsp3) is 0.156. The summed E-state index contributed by atoms with van der Waals surface area (Å²) in [5.74, 6) is 3.60. The van der Waals surface area contributed by atoms with E-state index in [1.165, 1.54) is 5.56 Å². The highest BCUT2D eigenvalue weighted by Gasteiger charge is 2.35. The molecule has 0 spiro atoms. The van der Waals surface area contributed by atoms with Crippen LogP contribution in [0.5, 0.6) is 28.9 Å². The summed E-state index contributed by atoms with van der Waals surface area (Å²) in [6.45, 7) is 2.27. The molecule has 198 valence electrons. The van der Waals surface area contributed by atoms with Crippen LogP contribution in [0.2, 0.25) is 0 Å². The van der Waals surface area contributed by atoms with Crippen molar-refractivity contribution in [3.63, 3.8) is 0 Å². The van der Waals surface area contributed by atoms with Crippen LogP contribution in [0.15, 0.2) is 85.2 Å². The highest BCUT2D eigenvalue weighted by Crippen LogP contribution is 2.51. The molecule has 40 heavy (non-hydrogen) atoms. The van der Waals surface area contributed by atoms with Crippen LogP contribution >= 0.6 is 0 Å². The minimum Gasteiger partial charge on any atom is -0.493 e. The van der Waals surface area contributed by atoms with Gasteiger partial charge in [0.05, 0.1) is 19.8 Å². The second-order valence-corrected chi connectivity index (χ2v) is 9.71. The predicted octanol–water partition coefficient (Wildman–Crippen LogP) is 6.47. The monoisotopic (exact) mass is 530 g/mol. The molecular formula is C32H26N4O4. The third-order valence-corrected chi connectivity index (χ3v) is 7.28. The number of methoxy groups -OCH3 is 2. The molecule has 0 N–H and O–H groups in total. The Morgan fingerprint density at radius 2 is 1.70 bits per heavy atom. The first-order chi connectivity index (χ1) is 19.6. The van der Waals surface area contributed by atoms with Gasteiger partial charge in [0.2, 0.25) is 5.88 Å². The summed E-state index contributed by atoms with van der Waals surface area (Å²) in [5, 5.41) is 6.89. The van der Waals surface area contributed by atoms with E-state index in [1.807, 2.05) is 67.6 Å². The maximum Gasteiger partial charge on any atom is 0.228 e. The van der Waals surface area contributed by atoms with Crippen LogP contribution in [-0.4, -0.2) is 33.8 Å². The van der Waals surface area contributed by atoms with Crippen molar-refractivity contribution in [3.8, 4) is 28.9 Å². The zero-order chi connectivity index (χ0) is 27.2. The molecule has 0 aliphatic carbocycles. The first kappa shape index (κ1) is 24.0. The fourth-order valence-corrected chi connectivity index (χ4v) is 5.36. The molecule has 0 saturated heterocycles. The van der Waals surface area contributed by atoms with Crippen LogP contribution in [0.4, 0.5) is 0 Å². The standard InChI is InChI=1S/C32H26N4O4/c1-19-8-12-22(13-9-19)39-17-27-34-31-30-28(21-11-14-24(37-2)26(16-21)38-3)29-23-7-5-4-6-20(23)10-15-25(29)40-32(30)33-18-36(31)35-27/h4-16,18,28H,17H2,1-3H3/t28-/m0/s1. The van der Waals surface area contributed by atoms with E-state index in [9.17, 15) is 0 Å². The van der Waals surface area contributed by atoms with Gasteiger partial charge in [0.15, 0.2) is 23.0 Å². The lowest BCUT2D eigenvalue weighted by Gasteiger charge is -2.29. The maximum absolute atomic E-state index is 6.42. The SMILES string of the molecule is COc1ccc([C@H]2c3c(ccc4ccccc34)Oc3ncn4nc(COc5ccc(C)cc5)nc4c32)cc1OC. The smallest absolute Gasteiger partial charge is 0.228 e. The van der Waals surface area contributed by atoms with Crippen LogP contribution < -0.4 is 18.9 Å². The summed E-state index contributed by atoms with van der Waals surface area (Å²) < 4.78 is 25.3. The molecule has 0 fully saturated rings. The van der Waals surface area contributed by atoms with E-state index < -0.39 is 0 Å². The highest BCUT2D eigenvalue weighted by atomic mass is 16.5. The molecular weight excluding hydrogens is 504 g/mol. The summed E-state index contributed by atoms with van der Waals surface area (Å²) in [6, 6.07) is 26.3. The molecule has 8 heteroatoms. The summed E-state index contributed by atoms with van der Waals surface area (Å²) in [6.07, 6.45) is 1.63. The zero-order valence-corrected chi connectivity index (χ0v) is 22.3. The highest BCUT2D eigenvalue weighted by molar-refractivity contribution is 5.91. The minimum atomic E-state index is -0.254. The normalized spacial score (nSPS) is 13.9. The van der Waals surface area contributed by atoms with E-state index >= 15 is 0 Å². The van der Waals surface area contributed by atoms with Crippen molar-refractivity contribution < 1.29 is 18.9 Å². The topological polar surface area (TPSA) is 80.0 Å². The second kappa shape index (κ2) is 9.57. The number of nitrogens with zero attached hydrogens (tertiary/aromatic N) is 4. The van der Waals surface area contributed by atoms with Gasteiger partial charge in [0.25, 0.3) is 0 Å². The zero-order valence-electron chi connectivity index (χ0n) is 22.3. The lowest BCUT2D eigenvalue weighted by Crippen LogP contribution is -2.15. The molecule has 0 unspecified atom stereocenters. The number of hydrogen-bond acceptors (Lipinski definition) is 7. The number of aryl methyl sites for hydroxylation is 1. The van der Waals surface area contributed by atoms with Crippen molar-refractivity contribution in [2.45, 2.75) is 19.4 Å². The van der Waals surface area contributed by atoms with Crippen molar-refractivity contribution >= 4 is 16.4 Å². The van der Waals surface area contributed by atoms with Gasteiger partial charge >= 0.3 is 0 Å². The van der Waals surface area contributed by atoms with E-state index in [0.29, 0.717) is 28.9 Å². The number of hydrogen-bond donors (Lipinski definition) is 0. The van der Waals surface area contributed by atoms with Crippen molar-refractivity contribution in [2.75, 3.05) is 14.2 Å². The van der Waals surface area contributed by atoms with E-state index in [4.69, 9.17) is 23.9 Å². The van der Waals surface area contributed by atoms with E-state index in [1.54, 1.807) is 25.1 Å². The molecule has 4 aromatic carbocycles. The molecule has 3 heterocycles. The van der Waals surface area contributed by atoms with Gasteiger partial charge in [-0.15, -0.1) is 5.10 Å². The maximum atomic E-state index is 6.42. The van der Waals surface area contributed by atoms with Crippen LogP contribution in [0.1, 0.15) is 34.0 Å². The van der Waals surface area contributed by atoms with Crippen LogP contribution in [0.25, 0.3) is 16.4 Å². The number of aromatic nitrogens is 4. The summed E-state index contributed by atoms with van der Waals surface area (Å²) >= 11 is 0. The average Bonchev–Trinajstić information content (AvgIpc) is 3.42. The third-order valence-electron chi connectivity index (χ3n) is 7.28. The van der Waals surface area contributed by atoms with Crippen molar-refractivity contribution in [3.05, 3.63) is 113 Å². The lowest BCUT2D eigenvalue weighted by atomic mass is 9.81. The Morgan fingerprint density at radius 1 is 0.875 bits per heavy atom. The first-order valence-electron chi connectivity index (χ1n) is 13.0. The van der Waals surface area contributed by atoms with Crippen molar-refractivity contribution in [2.24, 2.45) is 0 Å². The number of ether oxygens (including phenoxy) is 4. The number of fused-ring (bicyclic) bond motifs is 6. The predicted molar refractivity (Wildman–Crippen MR) is 151 cm³/mol. The Balaban J connectivity index is 1.41. The Kier molecular flexibility index (Phi) is 5.73. The van der Waals surface area contributed by atoms with Crippen LogP contribution in [-0.2, 0) is 6.61 Å². The molecule has 0 radical (unpaired) electrons. The van der Waals surface area contributed by atoms with Crippen LogP contribution in [0.3, 0.4) is 0 Å². The van der Waals surface area contributed by atoms with Gasteiger partial charge in [-0.2, -0.15) is 0 Å². The van der Waals surface area contributed by atoms with Gasteiger partial charge in [-0.25, -0.2) is 14.5 Å². The van der Waals surface area contributed by atoms with Crippen molar-refractivity contribution in [1.82, 2.24) is 19.6 Å². The molecule has 6 aromatic rings.